The number of anilines is 2. The molecule has 0 radical (unpaired) electrons. The van der Waals surface area contributed by atoms with Crippen LogP contribution in [0, 0.1) is 0 Å². The number of carbonyl (C=O) groups excluding carboxylic acids is 2. The van der Waals surface area contributed by atoms with E-state index in [1.54, 1.807) is 0 Å². The van der Waals surface area contributed by atoms with E-state index in [9.17, 15) is 39.6 Å². The Balaban J connectivity index is 1.35. The van der Waals surface area contributed by atoms with Crippen molar-refractivity contribution in [2.75, 3.05) is 23.0 Å². The molecule has 1 fully saturated rings. The molecule has 0 saturated carbocycles. The quantitative estimate of drug-likeness (QED) is 0.0366. The van der Waals surface area contributed by atoms with Gasteiger partial charge in [-0.05, 0) is 23.8 Å². The number of carboxylic acid groups (broad SMARTS) is 2. The molecule has 0 spiro atoms. The fourth-order valence-electron chi connectivity index (χ4n) is 4.24. The third-order valence-corrected chi connectivity index (χ3v) is 9.28. The Morgan fingerprint density at radius 1 is 1.18 bits per heavy atom. The number of aromatic nitrogens is 3. The van der Waals surface area contributed by atoms with E-state index >= 15 is 0 Å². The summed E-state index contributed by atoms with van der Waals surface area (Å²) in [5.74, 6) is -4.97. The predicted molar refractivity (Wildman–Crippen MR) is 161 cm³/mol. The Kier molecular flexibility index (Phi) is 8.97. The number of hydrogen-bond donors (Lipinski definition) is 7. The molecule has 0 bridgehead atoms. The maximum Gasteiger partial charge on any atom is 0.352 e. The number of nitrogens with zero attached hydrogens (tertiary/aromatic N) is 5. The maximum absolute atomic E-state index is 13.4. The Morgan fingerprint density at radius 3 is 2.60 bits per heavy atom. The molecule has 1 unspecified atom stereocenters. The van der Waals surface area contributed by atoms with E-state index in [4.69, 9.17) is 16.3 Å². The number of nitrogen functional groups attached to an aromatic ring is 2. The zero-order valence-electron chi connectivity index (χ0n) is 22.6. The Morgan fingerprint density at radius 2 is 1.96 bits per heavy atom. The van der Waals surface area contributed by atoms with Gasteiger partial charge < -0.3 is 42.0 Å². The van der Waals surface area contributed by atoms with Gasteiger partial charge in [-0.25, -0.2) is 24.5 Å². The van der Waals surface area contributed by atoms with Crippen molar-refractivity contribution in [2.45, 2.75) is 22.7 Å². The highest BCUT2D eigenvalue weighted by molar-refractivity contribution is 8.01. The zero-order chi connectivity index (χ0) is 32.4. The summed E-state index contributed by atoms with van der Waals surface area (Å²) < 4.78 is 0. The summed E-state index contributed by atoms with van der Waals surface area (Å²) >= 11 is 3.35. The van der Waals surface area contributed by atoms with Gasteiger partial charge in [-0.3, -0.25) is 14.5 Å². The number of oxime groups is 1. The molecule has 1 saturated heterocycles. The number of fused-ring (bicyclic) bond motifs is 1. The number of nitrogens with one attached hydrogen (secondary N) is 1. The largest absolute Gasteiger partial charge is 0.504 e. The molecule has 9 N–H and O–H groups in total. The van der Waals surface area contributed by atoms with E-state index in [2.05, 4.69) is 25.4 Å². The summed E-state index contributed by atoms with van der Waals surface area (Å²) in [6.07, 6.45) is -0.347. The molecule has 17 nitrogen and oxygen atoms in total. The lowest BCUT2D eigenvalue weighted by molar-refractivity contribution is -0.151. The minimum atomic E-state index is -1.82. The first-order valence-electron chi connectivity index (χ1n) is 12.6. The summed E-state index contributed by atoms with van der Waals surface area (Å²) in [4.78, 5) is 69.2. The summed E-state index contributed by atoms with van der Waals surface area (Å²) in [6.45, 7) is 0. The standard InChI is InChI=1S/C25H22N8O9S3/c26-14-3-4-28-25(30-14)45-7-10-6-43-21-16(20(37)33(21)17(10)22(38)39)31-19(36)15(11-8-44-24(27)29-11)32-42-18(23(40)41)9-1-2-12(34)13(35)5-9/h1-5,8,16,18,21,34-35H,6-7H2,(H2,27,29)(H,31,36)(H,38,39)(H,40,41)(H2,26,28,30)/t16?,18-,21+/m1/s1. The second-order valence-corrected chi connectivity index (χ2v) is 12.2. The number of rotatable bonds is 11. The highest BCUT2D eigenvalue weighted by Gasteiger charge is 2.54. The molecule has 234 valence electrons. The number of benzene rings is 1. The average Bonchev–Trinajstić information content (AvgIpc) is 3.43. The molecule has 2 aromatic heterocycles. The van der Waals surface area contributed by atoms with Crippen molar-refractivity contribution in [1.82, 2.24) is 25.2 Å². The van der Waals surface area contributed by atoms with Crippen LogP contribution in [0.1, 0.15) is 17.4 Å². The van der Waals surface area contributed by atoms with Gasteiger partial charge in [0.25, 0.3) is 11.8 Å². The molecule has 2 aliphatic rings. The number of nitrogens with two attached hydrogens (primary N) is 2. The van der Waals surface area contributed by atoms with E-state index in [0.29, 0.717) is 10.7 Å². The normalized spacial score (nSPS) is 18.5. The summed E-state index contributed by atoms with van der Waals surface area (Å²) in [7, 11) is 0. The topological polar surface area (TPSA) is 277 Å². The second kappa shape index (κ2) is 12.9. The first kappa shape index (κ1) is 31.3. The number of β-lactam (4-membered cyclic amide) rings is 1. The molecule has 2 amide bonds. The monoisotopic (exact) mass is 674 g/mol. The van der Waals surface area contributed by atoms with Crippen LogP contribution < -0.4 is 16.8 Å². The van der Waals surface area contributed by atoms with Crippen LogP contribution in [0.25, 0.3) is 0 Å². The Bertz CT molecular complexity index is 1760. The summed E-state index contributed by atoms with van der Waals surface area (Å²) in [6, 6.07) is 3.53. The van der Waals surface area contributed by atoms with Gasteiger partial charge in [0.2, 0.25) is 6.10 Å². The number of thioether (sulfide) groups is 2. The van der Waals surface area contributed by atoms with Crippen LogP contribution in [0.15, 0.2) is 57.4 Å². The third kappa shape index (κ3) is 6.56. The van der Waals surface area contributed by atoms with Crippen molar-refractivity contribution >= 4 is 75.3 Å². The van der Waals surface area contributed by atoms with E-state index in [1.807, 2.05) is 0 Å². The average molecular weight is 675 g/mol. The molecule has 0 aliphatic carbocycles. The lowest BCUT2D eigenvalue weighted by atomic mass is 10.0. The van der Waals surface area contributed by atoms with E-state index in [1.165, 1.54) is 35.5 Å². The van der Waals surface area contributed by atoms with Gasteiger partial charge in [-0.1, -0.05) is 23.0 Å². The van der Waals surface area contributed by atoms with Gasteiger partial charge in [0, 0.05) is 28.6 Å². The maximum atomic E-state index is 13.4. The molecule has 3 aromatic rings. The van der Waals surface area contributed by atoms with Gasteiger partial charge in [-0.15, -0.1) is 23.1 Å². The van der Waals surface area contributed by atoms with E-state index in [0.717, 1.165) is 40.1 Å². The molecular formula is C25H22N8O9S3. The number of carbonyl (C=O) groups is 4. The molecule has 1 aromatic carbocycles. The smallest absolute Gasteiger partial charge is 0.352 e. The van der Waals surface area contributed by atoms with Gasteiger partial charge in [-0.2, -0.15) is 0 Å². The van der Waals surface area contributed by atoms with Crippen LogP contribution in [0.5, 0.6) is 11.5 Å². The molecule has 3 atom stereocenters. The molecule has 4 heterocycles. The number of aromatic hydroxyl groups is 2. The number of thiazole rings is 1. The lowest BCUT2D eigenvalue weighted by Crippen LogP contribution is -2.71. The van der Waals surface area contributed by atoms with Crippen molar-refractivity contribution in [3.05, 3.63) is 58.4 Å². The highest BCUT2D eigenvalue weighted by atomic mass is 32.2. The predicted octanol–water partition coefficient (Wildman–Crippen LogP) is 0.586. The molecular weight excluding hydrogens is 653 g/mol. The van der Waals surface area contributed by atoms with Crippen molar-refractivity contribution in [2.24, 2.45) is 5.16 Å². The highest BCUT2D eigenvalue weighted by Crippen LogP contribution is 2.41. The summed E-state index contributed by atoms with van der Waals surface area (Å²) in [5.41, 5.74) is 10.9. The second-order valence-electron chi connectivity index (χ2n) is 9.25. The molecule has 20 heteroatoms. The number of phenolic OH excluding ortho intramolecular Hbond substituents is 2. The van der Waals surface area contributed by atoms with Gasteiger partial charge in [0.15, 0.2) is 27.5 Å². The fourth-order valence-corrected chi connectivity index (χ4v) is 7.11. The van der Waals surface area contributed by atoms with E-state index < -0.39 is 58.5 Å². The summed E-state index contributed by atoms with van der Waals surface area (Å²) in [5, 5.41) is 46.2. The van der Waals surface area contributed by atoms with Crippen LogP contribution in [0.4, 0.5) is 10.9 Å². The molecule has 45 heavy (non-hydrogen) atoms. The number of hydrogen-bond acceptors (Lipinski definition) is 16. The van der Waals surface area contributed by atoms with Crippen molar-refractivity contribution in [3.8, 4) is 11.5 Å². The number of amides is 2. The molecule has 5 rings (SSSR count). The minimum absolute atomic E-state index is 0.0581. The van der Waals surface area contributed by atoms with Crippen molar-refractivity contribution in [3.63, 3.8) is 0 Å². The van der Waals surface area contributed by atoms with Gasteiger partial charge >= 0.3 is 11.9 Å². The van der Waals surface area contributed by atoms with Crippen LogP contribution in [0.2, 0.25) is 0 Å². The minimum Gasteiger partial charge on any atom is -0.504 e. The first-order chi connectivity index (χ1) is 21.4. The number of aliphatic carboxylic acids is 2. The Hall–Kier alpha value is -5.08. The van der Waals surface area contributed by atoms with Gasteiger partial charge in [0.1, 0.15) is 28.6 Å². The van der Waals surface area contributed by atoms with E-state index in [-0.39, 0.29) is 39.4 Å². The number of phenols is 2. The Labute approximate surface area is 265 Å². The SMILES string of the molecule is Nc1ccnc(SCC2=C(C(=O)O)N3C(=O)C(NC(=O)C(=NO[C@@H](C(=O)O)c4ccc(O)c(O)c4)c4csc(N)n4)[C@@H]3SC2)n1. The van der Waals surface area contributed by atoms with Crippen molar-refractivity contribution < 1.29 is 44.4 Å². The zero-order valence-corrected chi connectivity index (χ0v) is 25.0. The third-order valence-electron chi connectivity index (χ3n) is 6.32. The van der Waals surface area contributed by atoms with Crippen LogP contribution in [-0.4, -0.2) is 92.7 Å². The van der Waals surface area contributed by atoms with Crippen LogP contribution >= 0.6 is 34.9 Å². The van der Waals surface area contributed by atoms with Gasteiger partial charge in [0.05, 0.1) is 0 Å². The van der Waals surface area contributed by atoms with Crippen LogP contribution in [-0.2, 0) is 24.0 Å². The fraction of sp³-hybridized carbons (Fsp3) is 0.200. The van der Waals surface area contributed by atoms with Crippen molar-refractivity contribution in [1.29, 1.82) is 0 Å². The number of carboxylic acids is 2. The van der Waals surface area contributed by atoms with Crippen LogP contribution in [0.3, 0.4) is 0 Å². The lowest BCUT2D eigenvalue weighted by Gasteiger charge is -2.49. The molecule has 2 aliphatic heterocycles. The first-order valence-corrected chi connectivity index (χ1v) is 15.5.